The van der Waals surface area contributed by atoms with Gasteiger partial charge in [0, 0.05) is 56.9 Å². The predicted molar refractivity (Wildman–Crippen MR) is 97.5 cm³/mol. The van der Waals surface area contributed by atoms with Crippen LogP contribution in [0.5, 0.6) is 0 Å². The van der Waals surface area contributed by atoms with Crippen LogP contribution >= 0.6 is 0 Å². The first-order valence-electron chi connectivity index (χ1n) is 8.82. The first-order valence-corrected chi connectivity index (χ1v) is 8.82. The third kappa shape index (κ3) is 3.50. The van der Waals surface area contributed by atoms with Gasteiger partial charge in [-0.25, -0.2) is 4.98 Å². The first-order chi connectivity index (χ1) is 12.3. The summed E-state index contributed by atoms with van der Waals surface area (Å²) in [4.78, 5) is 21.4. The zero-order chi connectivity index (χ0) is 17.1. The Morgan fingerprint density at radius 3 is 2.52 bits per heavy atom. The van der Waals surface area contributed by atoms with Crippen molar-refractivity contribution in [3.05, 3.63) is 59.8 Å². The quantitative estimate of drug-likeness (QED) is 0.882. The van der Waals surface area contributed by atoms with Crippen LogP contribution in [0.1, 0.15) is 21.8 Å². The average molecular weight is 337 g/mol. The summed E-state index contributed by atoms with van der Waals surface area (Å²) in [5.41, 5.74) is 8.30. The molecule has 4 rings (SSSR count). The topological polar surface area (TPSA) is 60.5 Å². The maximum Gasteiger partial charge on any atom is 0.253 e. The zero-order valence-corrected chi connectivity index (χ0v) is 14.2. The molecule has 2 fully saturated rings. The molecule has 0 spiro atoms. The van der Waals surface area contributed by atoms with Gasteiger partial charge in [-0.1, -0.05) is 18.2 Å². The summed E-state index contributed by atoms with van der Waals surface area (Å²) in [6.45, 7) is 4.90. The fourth-order valence-electron chi connectivity index (χ4n) is 3.49. The van der Waals surface area contributed by atoms with Crippen molar-refractivity contribution in [2.45, 2.75) is 5.92 Å². The maximum absolute atomic E-state index is 12.9. The second-order valence-corrected chi connectivity index (χ2v) is 6.55. The van der Waals surface area contributed by atoms with E-state index < -0.39 is 0 Å². The zero-order valence-electron chi connectivity index (χ0n) is 14.2. The van der Waals surface area contributed by atoms with Crippen molar-refractivity contribution in [2.24, 2.45) is 0 Å². The van der Waals surface area contributed by atoms with Gasteiger partial charge >= 0.3 is 0 Å². The van der Waals surface area contributed by atoms with Gasteiger partial charge in [0.25, 0.3) is 5.91 Å². The van der Waals surface area contributed by atoms with E-state index in [-0.39, 0.29) is 5.91 Å². The lowest BCUT2D eigenvalue weighted by Gasteiger charge is -2.35. The number of piperazine rings is 1. The SMILES string of the molecule is O=C(c1cccc(C2CNNC2)c1)N1CCN(c2ccccn2)CC1. The molecule has 25 heavy (non-hydrogen) atoms. The lowest BCUT2D eigenvalue weighted by Crippen LogP contribution is -2.49. The molecular weight excluding hydrogens is 314 g/mol. The average Bonchev–Trinajstić information content (AvgIpc) is 3.23. The Hall–Kier alpha value is -2.44. The summed E-state index contributed by atoms with van der Waals surface area (Å²) in [6, 6.07) is 14.0. The van der Waals surface area contributed by atoms with Crippen molar-refractivity contribution in [3.63, 3.8) is 0 Å². The number of anilines is 1. The summed E-state index contributed by atoms with van der Waals surface area (Å²) in [6.07, 6.45) is 1.81. The second kappa shape index (κ2) is 7.21. The smallest absolute Gasteiger partial charge is 0.253 e. The molecule has 1 aromatic heterocycles. The van der Waals surface area contributed by atoms with E-state index >= 15 is 0 Å². The molecule has 0 unspecified atom stereocenters. The minimum absolute atomic E-state index is 0.126. The number of carbonyl (C=O) groups is 1. The highest BCUT2D eigenvalue weighted by molar-refractivity contribution is 5.94. The molecule has 0 aliphatic carbocycles. The van der Waals surface area contributed by atoms with Crippen LogP contribution in [-0.4, -0.2) is 55.1 Å². The number of nitrogens with zero attached hydrogens (tertiary/aromatic N) is 3. The number of amides is 1. The number of hydrogen-bond donors (Lipinski definition) is 2. The maximum atomic E-state index is 12.9. The van der Waals surface area contributed by atoms with E-state index in [9.17, 15) is 4.79 Å². The fraction of sp³-hybridized carbons (Fsp3) is 0.368. The van der Waals surface area contributed by atoms with Crippen molar-refractivity contribution >= 4 is 11.7 Å². The van der Waals surface area contributed by atoms with Crippen molar-refractivity contribution in [1.82, 2.24) is 20.7 Å². The van der Waals surface area contributed by atoms with E-state index in [0.717, 1.165) is 50.6 Å². The van der Waals surface area contributed by atoms with Gasteiger partial charge in [0.05, 0.1) is 0 Å². The second-order valence-electron chi connectivity index (χ2n) is 6.55. The Bertz CT molecular complexity index is 722. The minimum atomic E-state index is 0.126. The Kier molecular flexibility index (Phi) is 4.63. The normalized spacial score (nSPS) is 18.6. The van der Waals surface area contributed by atoms with Crippen molar-refractivity contribution < 1.29 is 4.79 Å². The third-order valence-electron chi connectivity index (χ3n) is 4.97. The third-order valence-corrected chi connectivity index (χ3v) is 4.97. The Labute approximate surface area is 147 Å². The molecule has 2 N–H and O–H groups in total. The van der Waals surface area contributed by atoms with Gasteiger partial charge in [-0.15, -0.1) is 0 Å². The molecule has 6 nitrogen and oxygen atoms in total. The van der Waals surface area contributed by atoms with E-state index in [2.05, 4.69) is 26.8 Å². The molecule has 6 heteroatoms. The van der Waals surface area contributed by atoms with E-state index in [1.54, 1.807) is 0 Å². The lowest BCUT2D eigenvalue weighted by atomic mass is 9.98. The van der Waals surface area contributed by atoms with Gasteiger partial charge in [-0.2, -0.15) is 0 Å². The van der Waals surface area contributed by atoms with Crippen LogP contribution in [0.4, 0.5) is 5.82 Å². The van der Waals surface area contributed by atoms with Crippen LogP contribution in [0, 0.1) is 0 Å². The Morgan fingerprint density at radius 1 is 1.00 bits per heavy atom. The molecule has 2 aromatic rings. The van der Waals surface area contributed by atoms with Gasteiger partial charge < -0.3 is 9.80 Å². The minimum Gasteiger partial charge on any atom is -0.353 e. The van der Waals surface area contributed by atoms with Gasteiger partial charge in [-0.3, -0.25) is 15.6 Å². The highest BCUT2D eigenvalue weighted by Crippen LogP contribution is 2.20. The summed E-state index contributed by atoms with van der Waals surface area (Å²) in [5.74, 6) is 1.54. The van der Waals surface area contributed by atoms with Crippen LogP contribution in [0.25, 0.3) is 0 Å². The van der Waals surface area contributed by atoms with E-state index in [1.165, 1.54) is 5.56 Å². The van der Waals surface area contributed by atoms with E-state index in [1.807, 2.05) is 47.5 Å². The van der Waals surface area contributed by atoms with Crippen LogP contribution in [0.15, 0.2) is 48.7 Å². The number of nitrogens with one attached hydrogen (secondary N) is 2. The Morgan fingerprint density at radius 2 is 1.80 bits per heavy atom. The number of pyridine rings is 1. The lowest BCUT2D eigenvalue weighted by molar-refractivity contribution is 0.0746. The highest BCUT2D eigenvalue weighted by Gasteiger charge is 2.24. The molecule has 0 atom stereocenters. The van der Waals surface area contributed by atoms with Crippen LogP contribution in [0.2, 0.25) is 0 Å². The molecule has 0 saturated carbocycles. The summed E-state index contributed by atoms with van der Waals surface area (Å²) in [5, 5.41) is 0. The van der Waals surface area contributed by atoms with Crippen molar-refractivity contribution in [3.8, 4) is 0 Å². The largest absolute Gasteiger partial charge is 0.353 e. The predicted octanol–water partition coefficient (Wildman–Crippen LogP) is 1.24. The standard InChI is InChI=1S/C19H23N5O/c25-19(16-5-3-4-15(12-16)17-13-21-22-14-17)24-10-8-23(9-11-24)18-6-1-2-7-20-18/h1-7,12,17,21-22H,8-11,13-14H2. The van der Waals surface area contributed by atoms with Crippen LogP contribution < -0.4 is 15.8 Å². The van der Waals surface area contributed by atoms with E-state index in [4.69, 9.17) is 0 Å². The summed E-state index contributed by atoms with van der Waals surface area (Å²) < 4.78 is 0. The molecule has 2 saturated heterocycles. The van der Waals surface area contributed by atoms with Gasteiger partial charge in [-0.05, 0) is 29.8 Å². The van der Waals surface area contributed by atoms with Gasteiger partial charge in [0.1, 0.15) is 5.82 Å². The molecule has 0 radical (unpaired) electrons. The molecule has 1 aromatic carbocycles. The molecular formula is C19H23N5O. The van der Waals surface area contributed by atoms with Gasteiger partial charge in [0.2, 0.25) is 0 Å². The number of hydrazine groups is 1. The van der Waals surface area contributed by atoms with Crippen molar-refractivity contribution in [2.75, 3.05) is 44.2 Å². The molecule has 1 amide bonds. The first kappa shape index (κ1) is 16.1. The number of carbonyl (C=O) groups excluding carboxylic acids is 1. The highest BCUT2D eigenvalue weighted by atomic mass is 16.2. The monoisotopic (exact) mass is 337 g/mol. The molecule has 130 valence electrons. The number of hydrogen-bond acceptors (Lipinski definition) is 5. The van der Waals surface area contributed by atoms with Crippen molar-refractivity contribution in [1.29, 1.82) is 0 Å². The molecule has 2 aliphatic heterocycles. The van der Waals surface area contributed by atoms with Gasteiger partial charge in [0.15, 0.2) is 0 Å². The molecule has 3 heterocycles. The summed E-state index contributed by atoms with van der Waals surface area (Å²) in [7, 11) is 0. The number of aromatic nitrogens is 1. The number of rotatable bonds is 3. The fourth-order valence-corrected chi connectivity index (χ4v) is 3.49. The number of benzene rings is 1. The molecule has 0 bridgehead atoms. The Balaban J connectivity index is 1.41. The van der Waals surface area contributed by atoms with E-state index in [0.29, 0.717) is 5.92 Å². The van der Waals surface area contributed by atoms with Crippen LogP contribution in [-0.2, 0) is 0 Å². The van der Waals surface area contributed by atoms with Crippen LogP contribution in [0.3, 0.4) is 0 Å². The summed E-state index contributed by atoms with van der Waals surface area (Å²) >= 11 is 0. The molecule has 2 aliphatic rings.